The fourth-order valence-corrected chi connectivity index (χ4v) is 1.85. The van der Waals surface area contributed by atoms with Crippen LogP contribution in [-0.2, 0) is 9.53 Å². The molecule has 0 saturated heterocycles. The third-order valence-corrected chi connectivity index (χ3v) is 2.94. The fourth-order valence-electron chi connectivity index (χ4n) is 1.33. The molecule has 1 atom stereocenters. The van der Waals surface area contributed by atoms with Gasteiger partial charge in [-0.1, -0.05) is 0 Å². The number of aliphatic hydroxyl groups excluding tert-OH is 1. The molecular weight excluding hydrogens is 269 g/mol. The molecule has 18 heavy (non-hydrogen) atoms. The zero-order valence-electron chi connectivity index (χ0n) is 9.67. The SMILES string of the molecule is CCOC(=O)C(O)c1cc(F)c(SC)c(F)c1F. The minimum absolute atomic E-state index is 0.0363. The van der Waals surface area contributed by atoms with Crippen LogP contribution < -0.4 is 0 Å². The number of hydrogen-bond donors (Lipinski definition) is 1. The van der Waals surface area contributed by atoms with E-state index in [1.807, 2.05) is 0 Å². The highest BCUT2D eigenvalue weighted by Gasteiger charge is 2.27. The van der Waals surface area contributed by atoms with Gasteiger partial charge < -0.3 is 9.84 Å². The molecule has 0 radical (unpaired) electrons. The van der Waals surface area contributed by atoms with Crippen molar-refractivity contribution in [2.24, 2.45) is 0 Å². The predicted octanol–water partition coefficient (Wildman–Crippen LogP) is 2.42. The third-order valence-electron chi connectivity index (χ3n) is 2.15. The lowest BCUT2D eigenvalue weighted by Gasteiger charge is -2.13. The van der Waals surface area contributed by atoms with Gasteiger partial charge >= 0.3 is 5.97 Å². The Morgan fingerprint density at radius 2 is 2.06 bits per heavy atom. The molecule has 0 fully saturated rings. The zero-order valence-corrected chi connectivity index (χ0v) is 10.5. The molecule has 0 aliphatic heterocycles. The molecule has 0 aromatic heterocycles. The minimum Gasteiger partial charge on any atom is -0.464 e. The van der Waals surface area contributed by atoms with E-state index in [2.05, 4.69) is 4.74 Å². The molecule has 0 spiro atoms. The van der Waals surface area contributed by atoms with Crippen molar-refractivity contribution in [1.29, 1.82) is 0 Å². The molecule has 0 aliphatic rings. The monoisotopic (exact) mass is 280 g/mol. The number of halogens is 3. The Balaban J connectivity index is 3.22. The van der Waals surface area contributed by atoms with E-state index in [0.29, 0.717) is 17.8 Å². The maximum atomic E-state index is 13.6. The van der Waals surface area contributed by atoms with E-state index in [1.165, 1.54) is 13.2 Å². The molecule has 7 heteroatoms. The maximum Gasteiger partial charge on any atom is 0.339 e. The summed E-state index contributed by atoms with van der Waals surface area (Å²) in [7, 11) is 0. The number of carbonyl (C=O) groups excluding carboxylic acids is 1. The number of thioether (sulfide) groups is 1. The van der Waals surface area contributed by atoms with Crippen LogP contribution in [0, 0.1) is 17.5 Å². The Hall–Kier alpha value is -1.21. The summed E-state index contributed by atoms with van der Waals surface area (Å²) in [5, 5.41) is 9.46. The van der Waals surface area contributed by atoms with Crippen LogP contribution in [0.1, 0.15) is 18.6 Å². The highest BCUT2D eigenvalue weighted by atomic mass is 32.2. The number of carbonyl (C=O) groups is 1. The first-order valence-corrected chi connectivity index (χ1v) is 6.22. The van der Waals surface area contributed by atoms with E-state index in [4.69, 9.17) is 0 Å². The second-order valence-corrected chi connectivity index (χ2v) is 4.08. The summed E-state index contributed by atoms with van der Waals surface area (Å²) < 4.78 is 44.8. The Morgan fingerprint density at radius 1 is 1.44 bits per heavy atom. The molecular formula is C11H11F3O3S. The fraction of sp³-hybridized carbons (Fsp3) is 0.364. The van der Waals surface area contributed by atoms with Gasteiger partial charge in [0.25, 0.3) is 0 Å². The summed E-state index contributed by atoms with van der Waals surface area (Å²) in [6.07, 6.45) is -0.674. The van der Waals surface area contributed by atoms with E-state index in [9.17, 15) is 23.1 Å². The van der Waals surface area contributed by atoms with Gasteiger partial charge in [0, 0.05) is 5.56 Å². The lowest BCUT2D eigenvalue weighted by Crippen LogP contribution is -2.18. The van der Waals surface area contributed by atoms with Crippen LogP contribution in [-0.4, -0.2) is 23.9 Å². The topological polar surface area (TPSA) is 46.5 Å². The van der Waals surface area contributed by atoms with Crippen molar-refractivity contribution in [1.82, 2.24) is 0 Å². The average molecular weight is 280 g/mol. The largest absolute Gasteiger partial charge is 0.464 e. The lowest BCUT2D eigenvalue weighted by molar-refractivity contribution is -0.153. The molecule has 0 saturated carbocycles. The van der Waals surface area contributed by atoms with Gasteiger partial charge in [0.2, 0.25) is 0 Å². The molecule has 1 aromatic carbocycles. The van der Waals surface area contributed by atoms with Gasteiger partial charge in [-0.25, -0.2) is 18.0 Å². The first kappa shape index (κ1) is 14.8. The van der Waals surface area contributed by atoms with Gasteiger partial charge in [-0.2, -0.15) is 0 Å². The normalized spacial score (nSPS) is 12.3. The van der Waals surface area contributed by atoms with E-state index in [0.717, 1.165) is 0 Å². The molecule has 100 valence electrons. The standard InChI is InChI=1S/C11H11F3O3S/c1-3-17-11(16)9(15)5-4-6(12)10(18-2)8(14)7(5)13/h4,9,15H,3H2,1-2H3. The number of aliphatic hydroxyl groups is 1. The quantitative estimate of drug-likeness (QED) is 0.523. The van der Waals surface area contributed by atoms with Crippen molar-refractivity contribution in [2.75, 3.05) is 12.9 Å². The molecule has 1 N–H and O–H groups in total. The van der Waals surface area contributed by atoms with Crippen LogP contribution in [0.4, 0.5) is 13.2 Å². The summed E-state index contributed by atoms with van der Waals surface area (Å²) in [4.78, 5) is 10.7. The first-order valence-electron chi connectivity index (χ1n) is 5.00. The Bertz CT molecular complexity index is 465. The third kappa shape index (κ3) is 2.78. The molecule has 1 rings (SSSR count). The number of hydrogen-bond acceptors (Lipinski definition) is 4. The van der Waals surface area contributed by atoms with Crippen LogP contribution >= 0.6 is 11.8 Å². The van der Waals surface area contributed by atoms with Crippen LogP contribution in [0.3, 0.4) is 0 Å². The summed E-state index contributed by atoms with van der Waals surface area (Å²) >= 11 is 0.687. The van der Waals surface area contributed by atoms with E-state index in [-0.39, 0.29) is 6.61 Å². The van der Waals surface area contributed by atoms with Crippen LogP contribution in [0.5, 0.6) is 0 Å². The van der Waals surface area contributed by atoms with E-state index in [1.54, 1.807) is 0 Å². The summed E-state index contributed by atoms with van der Waals surface area (Å²) in [5.74, 6) is -5.09. The predicted molar refractivity (Wildman–Crippen MR) is 59.7 cm³/mol. The number of ether oxygens (including phenoxy) is 1. The zero-order chi connectivity index (χ0) is 13.9. The molecule has 0 heterocycles. The molecule has 0 aliphatic carbocycles. The highest BCUT2D eigenvalue weighted by molar-refractivity contribution is 7.98. The molecule has 1 unspecified atom stereocenters. The smallest absolute Gasteiger partial charge is 0.339 e. The molecule has 0 amide bonds. The Labute approximate surface area is 106 Å². The van der Waals surface area contributed by atoms with Crippen molar-refractivity contribution in [3.8, 4) is 0 Å². The second kappa shape index (κ2) is 6.10. The summed E-state index contributed by atoms with van der Waals surface area (Å²) in [5.41, 5.74) is -0.777. The lowest BCUT2D eigenvalue weighted by atomic mass is 10.1. The molecule has 3 nitrogen and oxygen atoms in total. The Morgan fingerprint density at radius 3 is 2.56 bits per heavy atom. The van der Waals surface area contributed by atoms with Crippen molar-refractivity contribution < 1.29 is 27.8 Å². The number of benzene rings is 1. The van der Waals surface area contributed by atoms with Crippen molar-refractivity contribution in [3.63, 3.8) is 0 Å². The van der Waals surface area contributed by atoms with Crippen molar-refractivity contribution in [3.05, 3.63) is 29.1 Å². The van der Waals surface area contributed by atoms with Gasteiger partial charge in [-0.3, -0.25) is 0 Å². The minimum atomic E-state index is -2.05. The van der Waals surface area contributed by atoms with Gasteiger partial charge in [0.05, 0.1) is 11.5 Å². The summed E-state index contributed by atoms with van der Waals surface area (Å²) in [6, 6.07) is 0.589. The van der Waals surface area contributed by atoms with Crippen LogP contribution in [0.15, 0.2) is 11.0 Å². The van der Waals surface area contributed by atoms with Gasteiger partial charge in [-0.05, 0) is 19.2 Å². The van der Waals surface area contributed by atoms with Gasteiger partial charge in [-0.15, -0.1) is 11.8 Å². The molecule has 1 aromatic rings. The van der Waals surface area contributed by atoms with Crippen LogP contribution in [0.2, 0.25) is 0 Å². The Kier molecular flexibility index (Phi) is 5.03. The first-order chi connectivity index (χ1) is 8.43. The maximum absolute atomic E-state index is 13.6. The second-order valence-electron chi connectivity index (χ2n) is 3.26. The average Bonchev–Trinajstić information content (AvgIpc) is 2.34. The van der Waals surface area contributed by atoms with E-state index >= 15 is 0 Å². The number of rotatable bonds is 4. The van der Waals surface area contributed by atoms with Gasteiger partial charge in [0.15, 0.2) is 17.7 Å². The van der Waals surface area contributed by atoms with Crippen molar-refractivity contribution in [2.45, 2.75) is 17.9 Å². The van der Waals surface area contributed by atoms with Crippen molar-refractivity contribution >= 4 is 17.7 Å². The van der Waals surface area contributed by atoms with E-state index < -0.39 is 40.0 Å². The molecule has 0 bridgehead atoms. The summed E-state index contributed by atoms with van der Waals surface area (Å²) in [6.45, 7) is 1.45. The number of esters is 1. The van der Waals surface area contributed by atoms with Crippen LogP contribution in [0.25, 0.3) is 0 Å². The van der Waals surface area contributed by atoms with Gasteiger partial charge in [0.1, 0.15) is 5.82 Å². The highest BCUT2D eigenvalue weighted by Crippen LogP contribution is 2.30.